The van der Waals surface area contributed by atoms with E-state index in [4.69, 9.17) is 9.47 Å². The summed E-state index contributed by atoms with van der Waals surface area (Å²) < 4.78 is 11.0. The Bertz CT molecular complexity index is 884. The number of aromatic amines is 1. The van der Waals surface area contributed by atoms with E-state index in [0.29, 0.717) is 37.3 Å². The molecule has 0 saturated carbocycles. The first kappa shape index (κ1) is 21.9. The van der Waals surface area contributed by atoms with Gasteiger partial charge in [0.05, 0.1) is 11.7 Å². The van der Waals surface area contributed by atoms with Crippen LogP contribution in [-0.2, 0) is 15.0 Å². The molecule has 3 rings (SSSR count). The minimum absolute atomic E-state index is 0.359. The number of imidazole rings is 1. The second-order valence-electron chi connectivity index (χ2n) is 9.65. The number of hydrogen-bond donors (Lipinski definition) is 2. The monoisotopic (exact) mass is 417 g/mol. The maximum atomic E-state index is 12.6. The molecule has 1 aliphatic rings. The Hall–Kier alpha value is -2.84. The van der Waals surface area contributed by atoms with Gasteiger partial charge in [-0.05, 0) is 60.5 Å². The smallest absolute Gasteiger partial charge is 0.410 e. The van der Waals surface area contributed by atoms with Crippen LogP contribution in [0.2, 0.25) is 0 Å². The minimum Gasteiger partial charge on any atom is -0.444 e. The molecule has 0 atom stereocenters. The van der Waals surface area contributed by atoms with Gasteiger partial charge in [0.2, 0.25) is 0 Å². The van der Waals surface area contributed by atoms with E-state index in [0.717, 1.165) is 5.52 Å². The van der Waals surface area contributed by atoms with E-state index in [1.165, 1.54) is 0 Å². The molecule has 0 bridgehead atoms. The third kappa shape index (κ3) is 5.20. The van der Waals surface area contributed by atoms with Crippen molar-refractivity contribution < 1.29 is 19.1 Å². The quantitative estimate of drug-likeness (QED) is 0.771. The van der Waals surface area contributed by atoms with Crippen molar-refractivity contribution >= 4 is 23.2 Å². The van der Waals surface area contributed by atoms with Crippen molar-refractivity contribution in [1.29, 1.82) is 0 Å². The van der Waals surface area contributed by atoms with Crippen LogP contribution in [0.1, 0.15) is 60.2 Å². The highest BCUT2D eigenvalue weighted by Crippen LogP contribution is 2.33. The van der Waals surface area contributed by atoms with Crippen LogP contribution in [0, 0.1) is 0 Å². The Morgan fingerprint density at radius 3 is 2.30 bits per heavy atom. The predicted molar refractivity (Wildman–Crippen MR) is 112 cm³/mol. The molecule has 0 aliphatic carbocycles. The number of hydrogen-bond acceptors (Lipinski definition) is 6. The van der Waals surface area contributed by atoms with E-state index in [1.54, 1.807) is 17.3 Å². The molecule has 1 saturated heterocycles. The number of fused-ring (bicyclic) bond motifs is 1. The van der Waals surface area contributed by atoms with Crippen LogP contribution in [0.5, 0.6) is 0 Å². The van der Waals surface area contributed by atoms with E-state index in [1.807, 2.05) is 47.6 Å². The number of H-pyrrole nitrogens is 1. The van der Waals surface area contributed by atoms with Crippen LogP contribution in [0.3, 0.4) is 0 Å². The molecule has 0 aromatic carbocycles. The second-order valence-corrected chi connectivity index (χ2v) is 9.65. The molecule has 1 aliphatic heterocycles. The maximum absolute atomic E-state index is 12.6. The zero-order valence-corrected chi connectivity index (χ0v) is 18.5. The topological polar surface area (TPSA) is 109 Å². The molecular formula is C21H31N5O4. The maximum Gasteiger partial charge on any atom is 0.410 e. The fourth-order valence-electron chi connectivity index (χ4n) is 3.40. The Morgan fingerprint density at radius 1 is 1.10 bits per heavy atom. The number of piperidine rings is 1. The van der Waals surface area contributed by atoms with Crippen molar-refractivity contribution in [2.75, 3.05) is 13.1 Å². The van der Waals surface area contributed by atoms with Gasteiger partial charge < -0.3 is 24.7 Å². The lowest BCUT2D eigenvalue weighted by atomic mass is 9.86. The lowest BCUT2D eigenvalue weighted by Crippen LogP contribution is -2.55. The van der Waals surface area contributed by atoms with E-state index < -0.39 is 22.8 Å². The molecule has 0 unspecified atom stereocenters. The summed E-state index contributed by atoms with van der Waals surface area (Å²) in [5, 5.41) is 3.02. The summed E-state index contributed by atoms with van der Waals surface area (Å²) in [5.41, 5.74) is -0.431. The van der Waals surface area contributed by atoms with Gasteiger partial charge in [0.15, 0.2) is 0 Å². The molecule has 0 radical (unpaired) electrons. The lowest BCUT2D eigenvalue weighted by Gasteiger charge is -2.41. The van der Waals surface area contributed by atoms with Crippen LogP contribution < -0.4 is 5.32 Å². The molecule has 0 spiro atoms. The first-order valence-electron chi connectivity index (χ1n) is 10.2. The number of ether oxygens (including phenoxy) is 2. The third-order valence-electron chi connectivity index (χ3n) is 4.75. The van der Waals surface area contributed by atoms with Gasteiger partial charge in [0.1, 0.15) is 28.1 Å². The highest BCUT2D eigenvalue weighted by molar-refractivity contribution is 5.75. The summed E-state index contributed by atoms with van der Waals surface area (Å²) in [6.45, 7) is 11.8. The molecular weight excluding hydrogens is 386 g/mol. The molecule has 1 fully saturated rings. The average molecular weight is 418 g/mol. The number of rotatable bonds is 2. The van der Waals surface area contributed by atoms with Crippen molar-refractivity contribution in [3.05, 3.63) is 24.3 Å². The van der Waals surface area contributed by atoms with Crippen LogP contribution in [0.25, 0.3) is 11.0 Å². The number of carbonyl (C=O) groups excluding carboxylic acids is 2. The molecule has 9 heteroatoms. The highest BCUT2D eigenvalue weighted by atomic mass is 16.6. The summed E-state index contributed by atoms with van der Waals surface area (Å²) in [7, 11) is 0. The fraction of sp³-hybridized carbons (Fsp3) is 0.619. The number of pyridine rings is 1. The van der Waals surface area contributed by atoms with Gasteiger partial charge in [-0.2, -0.15) is 0 Å². The molecule has 3 heterocycles. The van der Waals surface area contributed by atoms with Gasteiger partial charge in [-0.25, -0.2) is 14.6 Å². The summed E-state index contributed by atoms with van der Waals surface area (Å²) in [4.78, 5) is 38.8. The standard InChI is InChI=1S/C21H31N5O4/c1-19(2,3)29-17(27)25-21(16-23-14-7-10-22-13-15(14)24-16)8-11-26(12-9-21)18(28)30-20(4,5)6/h7,10,13H,8-9,11-12H2,1-6H3,(H,23,24)(H,25,27). The summed E-state index contributed by atoms with van der Waals surface area (Å²) in [6.07, 6.45) is 3.42. The van der Waals surface area contributed by atoms with Crippen molar-refractivity contribution in [3.8, 4) is 0 Å². The van der Waals surface area contributed by atoms with Gasteiger partial charge in [-0.1, -0.05) is 0 Å². The Balaban J connectivity index is 1.84. The highest BCUT2D eigenvalue weighted by Gasteiger charge is 2.43. The molecule has 30 heavy (non-hydrogen) atoms. The van der Waals surface area contributed by atoms with Crippen molar-refractivity contribution in [2.24, 2.45) is 0 Å². The van der Waals surface area contributed by atoms with Gasteiger partial charge in [0.25, 0.3) is 0 Å². The third-order valence-corrected chi connectivity index (χ3v) is 4.75. The van der Waals surface area contributed by atoms with E-state index in [2.05, 4.69) is 20.3 Å². The summed E-state index contributed by atoms with van der Waals surface area (Å²) in [5.74, 6) is 0.625. The van der Waals surface area contributed by atoms with Crippen molar-refractivity contribution in [3.63, 3.8) is 0 Å². The first-order valence-corrected chi connectivity index (χ1v) is 10.2. The Kier molecular flexibility index (Phi) is 5.66. The molecule has 2 aromatic rings. The van der Waals surface area contributed by atoms with Crippen LogP contribution in [0.4, 0.5) is 9.59 Å². The van der Waals surface area contributed by atoms with Gasteiger partial charge in [-0.3, -0.25) is 4.98 Å². The summed E-state index contributed by atoms with van der Waals surface area (Å²) in [6, 6.07) is 1.84. The number of nitrogens with zero attached hydrogens (tertiary/aromatic N) is 3. The predicted octanol–water partition coefficient (Wildman–Crippen LogP) is 3.71. The molecule has 2 amide bonds. The van der Waals surface area contributed by atoms with Gasteiger partial charge in [0, 0.05) is 19.3 Å². The van der Waals surface area contributed by atoms with Gasteiger partial charge in [-0.15, -0.1) is 0 Å². The van der Waals surface area contributed by atoms with E-state index >= 15 is 0 Å². The molecule has 164 valence electrons. The van der Waals surface area contributed by atoms with Crippen molar-refractivity contribution in [1.82, 2.24) is 25.2 Å². The number of aromatic nitrogens is 3. The first-order chi connectivity index (χ1) is 13.9. The van der Waals surface area contributed by atoms with Crippen LogP contribution in [0.15, 0.2) is 18.5 Å². The normalized spacial score (nSPS) is 16.9. The lowest BCUT2D eigenvalue weighted by molar-refractivity contribution is 0.0107. The SMILES string of the molecule is CC(C)(C)OC(=O)NC1(c2nc3cnccc3[nH]2)CCN(C(=O)OC(C)(C)C)CC1. The largest absolute Gasteiger partial charge is 0.444 e. The Morgan fingerprint density at radius 2 is 1.73 bits per heavy atom. The van der Waals surface area contributed by atoms with Gasteiger partial charge >= 0.3 is 12.2 Å². The van der Waals surface area contributed by atoms with Crippen LogP contribution >= 0.6 is 0 Å². The number of amides is 2. The molecule has 9 nitrogen and oxygen atoms in total. The van der Waals surface area contributed by atoms with E-state index in [-0.39, 0.29) is 6.09 Å². The van der Waals surface area contributed by atoms with Crippen LogP contribution in [-0.4, -0.2) is 56.3 Å². The molecule has 2 aromatic heterocycles. The second kappa shape index (κ2) is 7.77. The number of likely N-dealkylation sites (tertiary alicyclic amines) is 1. The average Bonchev–Trinajstić information content (AvgIpc) is 3.04. The Labute approximate surface area is 176 Å². The summed E-state index contributed by atoms with van der Waals surface area (Å²) >= 11 is 0. The number of nitrogens with one attached hydrogen (secondary N) is 2. The number of carbonyl (C=O) groups is 2. The molecule has 2 N–H and O–H groups in total. The minimum atomic E-state index is -0.792. The zero-order chi connectivity index (χ0) is 22.2. The zero-order valence-electron chi connectivity index (χ0n) is 18.5. The van der Waals surface area contributed by atoms with E-state index in [9.17, 15) is 9.59 Å². The van der Waals surface area contributed by atoms with Crippen molar-refractivity contribution in [2.45, 2.75) is 71.1 Å². The number of alkyl carbamates (subject to hydrolysis) is 1. The fourth-order valence-corrected chi connectivity index (χ4v) is 3.40.